The first-order chi connectivity index (χ1) is 14.7. The van der Waals surface area contributed by atoms with E-state index in [9.17, 15) is 9.90 Å². The number of aliphatic hydroxyl groups is 1. The first kappa shape index (κ1) is 29.2. The fourth-order valence-electron chi connectivity index (χ4n) is 3.72. The summed E-state index contributed by atoms with van der Waals surface area (Å²) in [7, 11) is 0. The van der Waals surface area contributed by atoms with E-state index in [2.05, 4.69) is 13.8 Å². The average Bonchev–Trinajstić information content (AvgIpc) is 2.74. The molecular formula is C27H52O3. The van der Waals surface area contributed by atoms with Gasteiger partial charge < -0.3 is 9.84 Å². The fourth-order valence-corrected chi connectivity index (χ4v) is 3.72. The van der Waals surface area contributed by atoms with Crippen molar-refractivity contribution in [2.45, 2.75) is 148 Å². The molecule has 0 radical (unpaired) electrons. The number of rotatable bonds is 23. The Kier molecular flexibility index (Phi) is 23.8. The number of carbonyl (C=O) groups is 1. The molecule has 0 aromatic heterocycles. The summed E-state index contributed by atoms with van der Waals surface area (Å²) in [6.45, 7) is 5.01. The first-order valence-electron chi connectivity index (χ1n) is 13.2. The summed E-state index contributed by atoms with van der Waals surface area (Å²) in [5.41, 5.74) is 0. The third kappa shape index (κ3) is 23.4. The predicted molar refractivity (Wildman–Crippen MR) is 130 cm³/mol. The number of hydrogen-bond acceptors (Lipinski definition) is 3. The number of ether oxygens (including phenoxy) is 1. The molecule has 0 aliphatic heterocycles. The smallest absolute Gasteiger partial charge is 0.309 e. The quantitative estimate of drug-likeness (QED) is 0.102. The molecule has 1 atom stereocenters. The summed E-state index contributed by atoms with van der Waals surface area (Å²) < 4.78 is 5.29. The van der Waals surface area contributed by atoms with Crippen LogP contribution in [0.5, 0.6) is 0 Å². The van der Waals surface area contributed by atoms with E-state index in [1.807, 2.05) is 12.2 Å². The van der Waals surface area contributed by atoms with Gasteiger partial charge in [-0.25, -0.2) is 0 Å². The zero-order chi connectivity index (χ0) is 22.1. The standard InChI is InChI=1S/C27H52O3/c1-3-5-7-9-10-11-12-13-14-15-16-17-21-25-30-27(29)24-20-19-23-26(28)22-18-8-6-4-2/h19-20,26,28H,3-18,21-25H2,1-2H3/b20-19+/t26-/m1/s1. The molecule has 0 unspecified atom stereocenters. The second kappa shape index (κ2) is 24.4. The molecule has 0 saturated heterocycles. The number of carbonyl (C=O) groups excluding carboxylic acids is 1. The molecule has 178 valence electrons. The second-order valence-corrected chi connectivity index (χ2v) is 8.88. The molecule has 30 heavy (non-hydrogen) atoms. The Balaban J connectivity index is 3.31. The molecule has 3 nitrogen and oxygen atoms in total. The van der Waals surface area contributed by atoms with Gasteiger partial charge in [-0.1, -0.05) is 129 Å². The van der Waals surface area contributed by atoms with Crippen LogP contribution in [0, 0.1) is 0 Å². The summed E-state index contributed by atoms with van der Waals surface area (Å²) in [6.07, 6.45) is 27.2. The van der Waals surface area contributed by atoms with Gasteiger partial charge in [0.05, 0.1) is 19.1 Å². The maximum Gasteiger partial charge on any atom is 0.309 e. The SMILES string of the molecule is CCCCCCCCCCCCCCCOC(=O)C/C=C/C[C@H](O)CCCCCC. The van der Waals surface area contributed by atoms with Gasteiger partial charge >= 0.3 is 5.97 Å². The molecule has 0 aliphatic carbocycles. The predicted octanol–water partition coefficient (Wildman–Crippen LogP) is 8.29. The lowest BCUT2D eigenvalue weighted by atomic mass is 10.0. The van der Waals surface area contributed by atoms with E-state index in [-0.39, 0.29) is 12.1 Å². The van der Waals surface area contributed by atoms with Gasteiger partial charge in [0.25, 0.3) is 0 Å². The lowest BCUT2D eigenvalue weighted by molar-refractivity contribution is -0.142. The highest BCUT2D eigenvalue weighted by molar-refractivity contribution is 5.71. The molecule has 0 bridgehead atoms. The van der Waals surface area contributed by atoms with E-state index in [0.717, 1.165) is 25.7 Å². The maximum absolute atomic E-state index is 11.7. The average molecular weight is 425 g/mol. The Morgan fingerprint density at radius 1 is 0.700 bits per heavy atom. The van der Waals surface area contributed by atoms with Crippen LogP contribution in [-0.2, 0) is 9.53 Å². The highest BCUT2D eigenvalue weighted by Gasteiger charge is 2.02. The van der Waals surface area contributed by atoms with Gasteiger partial charge in [-0.05, 0) is 19.3 Å². The Morgan fingerprint density at radius 2 is 1.17 bits per heavy atom. The van der Waals surface area contributed by atoms with Crippen LogP contribution in [0.1, 0.15) is 142 Å². The fraction of sp³-hybridized carbons (Fsp3) is 0.889. The van der Waals surface area contributed by atoms with E-state index >= 15 is 0 Å². The van der Waals surface area contributed by atoms with Gasteiger partial charge in [-0.15, -0.1) is 0 Å². The Bertz CT molecular complexity index is 378. The monoisotopic (exact) mass is 424 g/mol. The zero-order valence-electron chi connectivity index (χ0n) is 20.3. The third-order valence-corrected chi connectivity index (χ3v) is 5.76. The minimum absolute atomic E-state index is 0.150. The summed E-state index contributed by atoms with van der Waals surface area (Å²) in [5.74, 6) is -0.150. The summed E-state index contributed by atoms with van der Waals surface area (Å²) >= 11 is 0. The largest absolute Gasteiger partial charge is 0.465 e. The van der Waals surface area contributed by atoms with E-state index < -0.39 is 0 Å². The molecule has 1 N–H and O–H groups in total. The van der Waals surface area contributed by atoms with Crippen molar-refractivity contribution in [1.29, 1.82) is 0 Å². The minimum atomic E-state index is -0.278. The van der Waals surface area contributed by atoms with Crippen molar-refractivity contribution in [2.75, 3.05) is 6.61 Å². The van der Waals surface area contributed by atoms with E-state index in [1.54, 1.807) is 0 Å². The van der Waals surface area contributed by atoms with E-state index in [4.69, 9.17) is 4.74 Å². The third-order valence-electron chi connectivity index (χ3n) is 5.76. The van der Waals surface area contributed by atoms with Crippen LogP contribution in [0.15, 0.2) is 12.2 Å². The van der Waals surface area contributed by atoms with Gasteiger partial charge in [0.1, 0.15) is 0 Å². The highest BCUT2D eigenvalue weighted by Crippen LogP contribution is 2.12. The van der Waals surface area contributed by atoms with Gasteiger partial charge in [0, 0.05) is 0 Å². The molecule has 3 heteroatoms. The van der Waals surface area contributed by atoms with Crippen molar-refractivity contribution in [3.8, 4) is 0 Å². The van der Waals surface area contributed by atoms with Crippen LogP contribution in [-0.4, -0.2) is 23.8 Å². The number of hydrogen-bond donors (Lipinski definition) is 1. The van der Waals surface area contributed by atoms with E-state index in [1.165, 1.54) is 89.9 Å². The Labute approximate surface area is 188 Å². The second-order valence-electron chi connectivity index (χ2n) is 8.88. The Morgan fingerprint density at radius 3 is 1.70 bits per heavy atom. The van der Waals surface area contributed by atoms with Crippen LogP contribution in [0.2, 0.25) is 0 Å². The zero-order valence-corrected chi connectivity index (χ0v) is 20.3. The van der Waals surface area contributed by atoms with Gasteiger partial charge in [-0.3, -0.25) is 4.79 Å². The van der Waals surface area contributed by atoms with E-state index in [0.29, 0.717) is 19.4 Å². The number of unbranched alkanes of at least 4 members (excludes halogenated alkanes) is 15. The van der Waals surface area contributed by atoms with Crippen molar-refractivity contribution >= 4 is 5.97 Å². The molecule has 0 aromatic rings. The molecular weight excluding hydrogens is 372 g/mol. The van der Waals surface area contributed by atoms with Gasteiger partial charge in [-0.2, -0.15) is 0 Å². The lowest BCUT2D eigenvalue weighted by Crippen LogP contribution is -2.06. The molecule has 0 heterocycles. The molecule has 0 rings (SSSR count). The van der Waals surface area contributed by atoms with Gasteiger partial charge in [0.2, 0.25) is 0 Å². The van der Waals surface area contributed by atoms with Crippen LogP contribution in [0.25, 0.3) is 0 Å². The molecule has 0 aliphatic rings. The van der Waals surface area contributed by atoms with Crippen molar-refractivity contribution in [3.63, 3.8) is 0 Å². The summed E-state index contributed by atoms with van der Waals surface area (Å²) in [5, 5.41) is 9.89. The summed E-state index contributed by atoms with van der Waals surface area (Å²) in [4.78, 5) is 11.7. The first-order valence-corrected chi connectivity index (χ1v) is 13.2. The van der Waals surface area contributed by atoms with Crippen LogP contribution in [0.3, 0.4) is 0 Å². The maximum atomic E-state index is 11.7. The highest BCUT2D eigenvalue weighted by atomic mass is 16.5. The van der Waals surface area contributed by atoms with Gasteiger partial charge in [0.15, 0.2) is 0 Å². The molecule has 0 amide bonds. The molecule has 0 fully saturated rings. The van der Waals surface area contributed by atoms with Crippen LogP contribution in [0.4, 0.5) is 0 Å². The Hall–Kier alpha value is -0.830. The molecule has 0 spiro atoms. The molecule has 0 aromatic carbocycles. The van der Waals surface area contributed by atoms with Crippen molar-refractivity contribution in [2.24, 2.45) is 0 Å². The number of esters is 1. The van der Waals surface area contributed by atoms with Crippen molar-refractivity contribution in [3.05, 3.63) is 12.2 Å². The van der Waals surface area contributed by atoms with Crippen molar-refractivity contribution in [1.82, 2.24) is 0 Å². The number of aliphatic hydroxyl groups excluding tert-OH is 1. The topological polar surface area (TPSA) is 46.5 Å². The van der Waals surface area contributed by atoms with Crippen molar-refractivity contribution < 1.29 is 14.6 Å². The minimum Gasteiger partial charge on any atom is -0.465 e. The summed E-state index contributed by atoms with van der Waals surface area (Å²) in [6, 6.07) is 0. The normalized spacial score (nSPS) is 12.5. The lowest BCUT2D eigenvalue weighted by Gasteiger charge is -2.07. The van der Waals surface area contributed by atoms with Crippen LogP contribution < -0.4 is 0 Å². The van der Waals surface area contributed by atoms with Crippen LogP contribution >= 0.6 is 0 Å². The molecule has 0 saturated carbocycles.